The van der Waals surface area contributed by atoms with Crippen molar-refractivity contribution in [2.45, 2.75) is 19.8 Å². The third kappa shape index (κ3) is 3.82. The number of nitro benzene ring substituents is 1. The van der Waals surface area contributed by atoms with Crippen LogP contribution in [0.4, 0.5) is 11.4 Å². The largest absolute Gasteiger partial charge is 0.371 e. The summed E-state index contributed by atoms with van der Waals surface area (Å²) in [6.45, 7) is 6.32. The second-order valence-electron chi connectivity index (χ2n) is 5.13. The van der Waals surface area contributed by atoms with Gasteiger partial charge in [0.2, 0.25) is 0 Å². The average molecular weight is 389 g/mol. The van der Waals surface area contributed by atoms with Crippen molar-refractivity contribution < 1.29 is 4.92 Å². The summed E-state index contributed by atoms with van der Waals surface area (Å²) in [7, 11) is 0. The van der Waals surface area contributed by atoms with E-state index in [1.54, 1.807) is 6.07 Å². The molecule has 1 aromatic rings. The lowest BCUT2D eigenvalue weighted by atomic mass is 9.96. The summed E-state index contributed by atoms with van der Waals surface area (Å²) in [5, 5.41) is 14.2. The molecular formula is C14H20IN3O2. The highest BCUT2D eigenvalue weighted by Crippen LogP contribution is 2.29. The van der Waals surface area contributed by atoms with Crippen LogP contribution in [0, 0.1) is 19.6 Å². The van der Waals surface area contributed by atoms with Crippen molar-refractivity contribution in [1.29, 1.82) is 0 Å². The van der Waals surface area contributed by atoms with Crippen molar-refractivity contribution >= 4 is 34.0 Å². The average Bonchev–Trinajstić information content (AvgIpc) is 2.45. The molecule has 6 heteroatoms. The fourth-order valence-corrected chi connectivity index (χ4v) is 3.28. The summed E-state index contributed by atoms with van der Waals surface area (Å²) < 4.78 is 0.708. The molecule has 1 saturated heterocycles. The third-order valence-electron chi connectivity index (χ3n) is 3.79. The minimum atomic E-state index is -0.325. The lowest BCUT2D eigenvalue weighted by Crippen LogP contribution is -2.37. The summed E-state index contributed by atoms with van der Waals surface area (Å²) in [6, 6.07) is 5.40. The molecule has 110 valence electrons. The number of nitro groups is 1. The third-order valence-corrected chi connectivity index (χ3v) is 4.65. The van der Waals surface area contributed by atoms with Crippen LogP contribution in [0.1, 0.15) is 19.8 Å². The molecule has 0 unspecified atom stereocenters. The van der Waals surface area contributed by atoms with E-state index in [1.807, 2.05) is 34.7 Å². The number of halogens is 1. The van der Waals surface area contributed by atoms with E-state index in [-0.39, 0.29) is 10.6 Å². The smallest absolute Gasteiger partial charge is 0.282 e. The van der Waals surface area contributed by atoms with Crippen LogP contribution in [0.3, 0.4) is 0 Å². The van der Waals surface area contributed by atoms with E-state index >= 15 is 0 Å². The Kier molecular flexibility index (Phi) is 5.59. The molecule has 1 aliphatic heterocycles. The minimum Gasteiger partial charge on any atom is -0.371 e. The summed E-state index contributed by atoms with van der Waals surface area (Å²) in [6.07, 6.45) is 2.36. The highest BCUT2D eigenvalue weighted by molar-refractivity contribution is 14.1. The van der Waals surface area contributed by atoms with E-state index in [2.05, 4.69) is 17.1 Å². The summed E-state index contributed by atoms with van der Waals surface area (Å²) in [4.78, 5) is 12.8. The Morgan fingerprint density at radius 2 is 2.15 bits per heavy atom. The molecule has 0 spiro atoms. The SMILES string of the molecule is CCNCC1CCN(c2ccc([N+](=O)[O-])c(I)c2)CC1. The maximum absolute atomic E-state index is 10.8. The molecule has 0 atom stereocenters. The maximum atomic E-state index is 10.8. The first-order chi connectivity index (χ1) is 9.61. The van der Waals surface area contributed by atoms with E-state index in [0.29, 0.717) is 3.57 Å². The van der Waals surface area contributed by atoms with Crippen LogP contribution in [0.25, 0.3) is 0 Å². The Labute approximate surface area is 133 Å². The number of benzene rings is 1. The van der Waals surface area contributed by atoms with Gasteiger partial charge >= 0.3 is 0 Å². The highest BCUT2D eigenvalue weighted by atomic mass is 127. The Bertz CT molecular complexity index is 473. The van der Waals surface area contributed by atoms with E-state index < -0.39 is 0 Å². The first kappa shape index (κ1) is 15.5. The summed E-state index contributed by atoms with van der Waals surface area (Å²) in [5.74, 6) is 0.753. The predicted octanol–water partition coefficient (Wildman–Crippen LogP) is 3.03. The second kappa shape index (κ2) is 7.21. The van der Waals surface area contributed by atoms with Gasteiger partial charge in [0, 0.05) is 24.8 Å². The van der Waals surface area contributed by atoms with Gasteiger partial charge in [-0.2, -0.15) is 0 Å². The maximum Gasteiger partial charge on any atom is 0.282 e. The van der Waals surface area contributed by atoms with Crippen LogP contribution in [0.5, 0.6) is 0 Å². The zero-order valence-corrected chi connectivity index (χ0v) is 13.8. The van der Waals surface area contributed by atoms with Gasteiger partial charge in [0.05, 0.1) is 8.49 Å². The van der Waals surface area contributed by atoms with Crippen LogP contribution in [-0.2, 0) is 0 Å². The number of nitrogens with one attached hydrogen (secondary N) is 1. The van der Waals surface area contributed by atoms with Crippen molar-refractivity contribution in [3.8, 4) is 0 Å². The number of hydrogen-bond acceptors (Lipinski definition) is 4. The van der Waals surface area contributed by atoms with E-state index in [0.717, 1.165) is 37.8 Å². The van der Waals surface area contributed by atoms with Gasteiger partial charge in [-0.1, -0.05) is 6.92 Å². The molecule has 20 heavy (non-hydrogen) atoms. The molecule has 1 aliphatic rings. The molecular weight excluding hydrogens is 369 g/mol. The van der Waals surface area contributed by atoms with Crippen LogP contribution in [0.15, 0.2) is 18.2 Å². The first-order valence-corrected chi connectivity index (χ1v) is 8.09. The predicted molar refractivity (Wildman–Crippen MR) is 89.3 cm³/mol. The normalized spacial score (nSPS) is 16.4. The Morgan fingerprint density at radius 1 is 1.45 bits per heavy atom. The van der Waals surface area contributed by atoms with Crippen LogP contribution >= 0.6 is 22.6 Å². The van der Waals surface area contributed by atoms with Gasteiger partial charge in [-0.3, -0.25) is 10.1 Å². The minimum absolute atomic E-state index is 0.191. The Balaban J connectivity index is 1.97. The molecule has 1 fully saturated rings. The van der Waals surface area contributed by atoms with E-state index in [4.69, 9.17) is 0 Å². The molecule has 0 amide bonds. The molecule has 5 nitrogen and oxygen atoms in total. The number of anilines is 1. The van der Waals surface area contributed by atoms with Gasteiger partial charge in [0.15, 0.2) is 0 Å². The van der Waals surface area contributed by atoms with Gasteiger partial charge in [0.25, 0.3) is 5.69 Å². The molecule has 0 bridgehead atoms. The highest BCUT2D eigenvalue weighted by Gasteiger charge is 2.20. The Hall–Kier alpha value is -0.890. The molecule has 0 aliphatic carbocycles. The van der Waals surface area contributed by atoms with Crippen molar-refractivity contribution in [2.75, 3.05) is 31.1 Å². The van der Waals surface area contributed by atoms with Crippen LogP contribution in [-0.4, -0.2) is 31.1 Å². The molecule has 2 rings (SSSR count). The monoisotopic (exact) mass is 389 g/mol. The van der Waals surface area contributed by atoms with Gasteiger partial charge in [-0.15, -0.1) is 0 Å². The van der Waals surface area contributed by atoms with E-state index in [1.165, 1.54) is 12.8 Å². The lowest BCUT2D eigenvalue weighted by Gasteiger charge is -2.33. The van der Waals surface area contributed by atoms with Crippen molar-refractivity contribution in [2.24, 2.45) is 5.92 Å². The number of nitrogens with zero attached hydrogens (tertiary/aromatic N) is 2. The fourth-order valence-electron chi connectivity index (χ4n) is 2.58. The van der Waals surface area contributed by atoms with Crippen molar-refractivity contribution in [3.05, 3.63) is 31.9 Å². The van der Waals surface area contributed by atoms with Crippen LogP contribution in [0.2, 0.25) is 0 Å². The van der Waals surface area contributed by atoms with Gasteiger partial charge in [0.1, 0.15) is 0 Å². The van der Waals surface area contributed by atoms with Gasteiger partial charge < -0.3 is 10.2 Å². The van der Waals surface area contributed by atoms with Crippen molar-refractivity contribution in [1.82, 2.24) is 5.32 Å². The molecule has 0 radical (unpaired) electrons. The standard InChI is InChI=1S/C14H20IN3O2/c1-2-16-10-11-5-7-17(8-6-11)12-3-4-14(18(19)20)13(15)9-12/h3-4,9,11,16H,2,5-8,10H2,1H3. The van der Waals surface area contributed by atoms with Crippen LogP contribution < -0.4 is 10.2 Å². The summed E-state index contributed by atoms with van der Waals surface area (Å²) in [5.41, 5.74) is 1.29. The lowest BCUT2D eigenvalue weighted by molar-refractivity contribution is -0.385. The van der Waals surface area contributed by atoms with Gasteiger partial charge in [-0.05, 0) is 66.6 Å². The fraction of sp³-hybridized carbons (Fsp3) is 0.571. The van der Waals surface area contributed by atoms with Gasteiger partial charge in [-0.25, -0.2) is 0 Å². The molecule has 1 aromatic carbocycles. The number of hydrogen-bond donors (Lipinski definition) is 1. The topological polar surface area (TPSA) is 58.4 Å². The Morgan fingerprint density at radius 3 is 2.70 bits per heavy atom. The number of rotatable bonds is 5. The van der Waals surface area contributed by atoms with Crippen molar-refractivity contribution in [3.63, 3.8) is 0 Å². The molecule has 0 aromatic heterocycles. The van der Waals surface area contributed by atoms with E-state index in [9.17, 15) is 10.1 Å². The second-order valence-corrected chi connectivity index (χ2v) is 6.29. The molecule has 1 heterocycles. The summed E-state index contributed by atoms with van der Waals surface area (Å²) >= 11 is 2.04. The molecule has 0 saturated carbocycles. The number of piperidine rings is 1. The zero-order chi connectivity index (χ0) is 14.5. The first-order valence-electron chi connectivity index (χ1n) is 7.01. The molecule has 1 N–H and O–H groups in total. The quantitative estimate of drug-likeness (QED) is 0.478. The zero-order valence-electron chi connectivity index (χ0n) is 11.6.